The second-order valence-corrected chi connectivity index (χ2v) is 8.85. The fourth-order valence-electron chi connectivity index (χ4n) is 3.94. The number of benzene rings is 1. The number of aliphatic imine (C=N–C) groups is 1. The lowest BCUT2D eigenvalue weighted by atomic mass is 10.0. The first-order valence-corrected chi connectivity index (χ1v) is 10.4. The average molecular weight is 413 g/mol. The number of thioether (sulfide) groups is 1. The van der Waals surface area contributed by atoms with Gasteiger partial charge in [-0.05, 0) is 42.5 Å². The molecule has 0 saturated carbocycles. The first-order valence-electron chi connectivity index (χ1n) is 9.16. The van der Waals surface area contributed by atoms with Crippen LogP contribution in [0, 0.1) is 5.82 Å². The van der Waals surface area contributed by atoms with Crippen LogP contribution in [0.1, 0.15) is 30.4 Å². The molecule has 7 heteroatoms. The molecule has 5 rings (SSSR count). The van der Waals surface area contributed by atoms with Crippen LogP contribution in [0.4, 0.5) is 4.39 Å². The standard InChI is InChI=1S/C21H18ClFN4S/c1-13-12-27-20(19(25-21(27)28-13)17-5-2-3-9-24-17)18-6-4-10-26(18)14-7-8-16(23)15(22)11-14/h2-11,13,19-20H,12H2,1H3/t13-,19-,20-/m0/s1. The minimum Gasteiger partial charge on any atom is -0.339 e. The Labute approximate surface area is 172 Å². The van der Waals surface area contributed by atoms with Gasteiger partial charge in [0.05, 0.1) is 16.8 Å². The molecule has 0 radical (unpaired) electrons. The van der Waals surface area contributed by atoms with Gasteiger partial charge < -0.3 is 9.47 Å². The number of hydrogen-bond acceptors (Lipinski definition) is 4. The highest BCUT2D eigenvalue weighted by Gasteiger charge is 2.44. The molecule has 0 spiro atoms. The number of halogens is 2. The predicted octanol–water partition coefficient (Wildman–Crippen LogP) is 5.25. The van der Waals surface area contributed by atoms with Gasteiger partial charge in [-0.3, -0.25) is 9.98 Å². The lowest BCUT2D eigenvalue weighted by Crippen LogP contribution is -2.30. The molecule has 2 aliphatic rings. The molecule has 0 N–H and O–H groups in total. The molecule has 1 saturated heterocycles. The Morgan fingerprint density at radius 2 is 2.07 bits per heavy atom. The molecule has 1 aromatic carbocycles. The van der Waals surface area contributed by atoms with Crippen molar-refractivity contribution in [3.63, 3.8) is 0 Å². The predicted molar refractivity (Wildman–Crippen MR) is 112 cm³/mol. The van der Waals surface area contributed by atoms with Gasteiger partial charge in [-0.25, -0.2) is 4.39 Å². The van der Waals surface area contributed by atoms with Crippen molar-refractivity contribution in [2.45, 2.75) is 24.3 Å². The zero-order valence-electron chi connectivity index (χ0n) is 15.2. The largest absolute Gasteiger partial charge is 0.339 e. The Morgan fingerprint density at radius 1 is 1.18 bits per heavy atom. The summed E-state index contributed by atoms with van der Waals surface area (Å²) in [6, 6.07) is 14.8. The molecule has 0 unspecified atom stereocenters. The summed E-state index contributed by atoms with van der Waals surface area (Å²) < 4.78 is 15.7. The molecule has 1 fully saturated rings. The average Bonchev–Trinajstić information content (AvgIpc) is 3.38. The van der Waals surface area contributed by atoms with Crippen molar-refractivity contribution in [1.29, 1.82) is 0 Å². The highest BCUT2D eigenvalue weighted by atomic mass is 35.5. The summed E-state index contributed by atoms with van der Waals surface area (Å²) in [7, 11) is 0. The van der Waals surface area contributed by atoms with E-state index in [1.807, 2.05) is 48.4 Å². The van der Waals surface area contributed by atoms with Gasteiger partial charge in [0.1, 0.15) is 11.9 Å². The van der Waals surface area contributed by atoms with Crippen LogP contribution in [0.5, 0.6) is 0 Å². The van der Waals surface area contributed by atoms with E-state index >= 15 is 0 Å². The fraction of sp³-hybridized carbons (Fsp3) is 0.238. The van der Waals surface area contributed by atoms with E-state index in [1.165, 1.54) is 6.07 Å². The lowest BCUT2D eigenvalue weighted by Gasteiger charge is -2.28. The molecular weight excluding hydrogens is 395 g/mol. The number of nitrogens with zero attached hydrogens (tertiary/aromatic N) is 4. The highest BCUT2D eigenvalue weighted by molar-refractivity contribution is 8.14. The van der Waals surface area contributed by atoms with Crippen LogP contribution in [0.25, 0.3) is 5.69 Å². The molecule has 2 aliphatic heterocycles. The van der Waals surface area contributed by atoms with E-state index in [9.17, 15) is 4.39 Å². The van der Waals surface area contributed by atoms with E-state index in [-0.39, 0.29) is 17.1 Å². The van der Waals surface area contributed by atoms with Gasteiger partial charge in [-0.15, -0.1) is 0 Å². The van der Waals surface area contributed by atoms with E-state index in [0.29, 0.717) is 5.25 Å². The Hall–Kier alpha value is -2.31. The number of amidine groups is 1. The summed E-state index contributed by atoms with van der Waals surface area (Å²) in [6.45, 7) is 3.16. The second-order valence-electron chi connectivity index (χ2n) is 7.04. The van der Waals surface area contributed by atoms with Crippen LogP contribution < -0.4 is 0 Å². The first kappa shape index (κ1) is 17.8. The highest BCUT2D eigenvalue weighted by Crippen LogP contribution is 2.47. The van der Waals surface area contributed by atoms with Gasteiger partial charge in [0.25, 0.3) is 0 Å². The summed E-state index contributed by atoms with van der Waals surface area (Å²) in [5.41, 5.74) is 2.87. The normalized spacial score (nSPS) is 23.8. The van der Waals surface area contributed by atoms with Crippen LogP contribution in [-0.4, -0.2) is 31.4 Å². The summed E-state index contributed by atoms with van der Waals surface area (Å²) in [4.78, 5) is 12.0. The van der Waals surface area contributed by atoms with Crippen LogP contribution in [0.2, 0.25) is 5.02 Å². The van der Waals surface area contributed by atoms with E-state index in [2.05, 4.69) is 27.4 Å². The van der Waals surface area contributed by atoms with Crippen molar-refractivity contribution in [3.8, 4) is 5.69 Å². The zero-order chi connectivity index (χ0) is 19.3. The van der Waals surface area contributed by atoms with Gasteiger partial charge in [-0.1, -0.05) is 36.4 Å². The summed E-state index contributed by atoms with van der Waals surface area (Å²) in [5.74, 6) is -0.415. The Kier molecular flexibility index (Phi) is 4.40. The molecule has 4 nitrogen and oxygen atoms in total. The van der Waals surface area contributed by atoms with Crippen LogP contribution in [0.3, 0.4) is 0 Å². The van der Waals surface area contributed by atoms with Gasteiger partial charge in [0, 0.05) is 35.6 Å². The van der Waals surface area contributed by atoms with Crippen molar-refractivity contribution < 1.29 is 4.39 Å². The first-order chi connectivity index (χ1) is 13.6. The summed E-state index contributed by atoms with van der Waals surface area (Å²) in [6.07, 6.45) is 3.80. The van der Waals surface area contributed by atoms with Gasteiger partial charge in [0.15, 0.2) is 5.17 Å². The lowest BCUT2D eigenvalue weighted by molar-refractivity contribution is 0.312. The van der Waals surface area contributed by atoms with E-state index in [1.54, 1.807) is 12.1 Å². The molecule has 28 heavy (non-hydrogen) atoms. The summed E-state index contributed by atoms with van der Waals surface area (Å²) in [5, 5.41) is 1.68. The fourth-order valence-corrected chi connectivity index (χ4v) is 5.21. The Bertz CT molecular complexity index is 1050. The quantitative estimate of drug-likeness (QED) is 0.588. The van der Waals surface area contributed by atoms with Gasteiger partial charge in [0.2, 0.25) is 0 Å². The molecule has 0 bridgehead atoms. The topological polar surface area (TPSA) is 33.4 Å². The van der Waals surface area contributed by atoms with Crippen LogP contribution in [-0.2, 0) is 0 Å². The van der Waals surface area contributed by atoms with Crippen molar-refractivity contribution in [1.82, 2.24) is 14.5 Å². The number of fused-ring (bicyclic) bond motifs is 1. The molecule has 3 atom stereocenters. The van der Waals surface area contributed by atoms with Crippen molar-refractivity contribution in [3.05, 3.63) is 83.2 Å². The molecular formula is C21H18ClFN4S. The zero-order valence-corrected chi connectivity index (χ0v) is 16.7. The van der Waals surface area contributed by atoms with Gasteiger partial charge >= 0.3 is 0 Å². The number of aromatic nitrogens is 2. The van der Waals surface area contributed by atoms with Crippen molar-refractivity contribution >= 4 is 28.5 Å². The van der Waals surface area contributed by atoms with Gasteiger partial charge in [-0.2, -0.15) is 0 Å². The minimum atomic E-state index is -0.415. The molecule has 142 valence electrons. The van der Waals surface area contributed by atoms with Crippen LogP contribution in [0.15, 0.2) is 65.9 Å². The maximum atomic E-state index is 13.7. The number of pyridine rings is 1. The van der Waals surface area contributed by atoms with Crippen molar-refractivity contribution in [2.24, 2.45) is 4.99 Å². The number of rotatable bonds is 3. The Balaban J connectivity index is 1.61. The molecule has 4 heterocycles. The molecule has 2 aromatic heterocycles. The van der Waals surface area contributed by atoms with E-state index < -0.39 is 5.82 Å². The number of hydrogen-bond donors (Lipinski definition) is 0. The minimum absolute atomic E-state index is 0.0289. The molecule has 3 aromatic rings. The molecule has 0 aliphatic carbocycles. The van der Waals surface area contributed by atoms with Crippen molar-refractivity contribution in [2.75, 3.05) is 6.54 Å². The maximum Gasteiger partial charge on any atom is 0.160 e. The third-order valence-electron chi connectivity index (χ3n) is 5.15. The third-order valence-corrected chi connectivity index (χ3v) is 6.54. The summed E-state index contributed by atoms with van der Waals surface area (Å²) >= 11 is 7.85. The third kappa shape index (κ3) is 2.91. The molecule has 0 amide bonds. The monoisotopic (exact) mass is 412 g/mol. The van der Waals surface area contributed by atoms with Crippen LogP contribution >= 0.6 is 23.4 Å². The van der Waals surface area contributed by atoms with E-state index in [4.69, 9.17) is 16.6 Å². The van der Waals surface area contributed by atoms with E-state index in [0.717, 1.165) is 28.8 Å². The maximum absolute atomic E-state index is 13.7. The SMILES string of the molecule is C[C@H]1CN2C(=N[C@@H](c3ccccn3)[C@@H]2c2cccn2-c2ccc(F)c(Cl)c2)S1. The second kappa shape index (κ2) is 6.94. The smallest absolute Gasteiger partial charge is 0.160 e. The Morgan fingerprint density at radius 3 is 2.86 bits per heavy atom.